The molecule has 1 amide bonds. The summed E-state index contributed by atoms with van der Waals surface area (Å²) in [4.78, 5) is 32.6. The van der Waals surface area contributed by atoms with E-state index >= 15 is 0 Å². The highest BCUT2D eigenvalue weighted by molar-refractivity contribution is 8.00. The third-order valence-electron chi connectivity index (χ3n) is 6.47. The fourth-order valence-corrected chi connectivity index (χ4v) is 6.53. The smallest absolute Gasteiger partial charge is 0.301 e. The Labute approximate surface area is 235 Å². The molecule has 0 radical (unpaired) electrons. The number of ketones is 1. The zero-order valence-electron chi connectivity index (χ0n) is 20.9. The van der Waals surface area contributed by atoms with Gasteiger partial charge in [-0.15, -0.1) is 10.2 Å². The molecular weight excluding hydrogens is 553 g/mol. The Balaban J connectivity index is 1.45. The van der Waals surface area contributed by atoms with E-state index in [1.807, 2.05) is 0 Å². The zero-order valence-corrected chi connectivity index (χ0v) is 22.5. The normalized spacial score (nSPS) is 16.8. The van der Waals surface area contributed by atoms with E-state index in [2.05, 4.69) is 15.2 Å². The highest BCUT2D eigenvalue weighted by Crippen LogP contribution is 2.44. The van der Waals surface area contributed by atoms with Crippen molar-refractivity contribution in [1.82, 2.24) is 19.6 Å². The van der Waals surface area contributed by atoms with Gasteiger partial charge in [0.15, 0.2) is 10.1 Å². The predicted molar refractivity (Wildman–Crippen MR) is 149 cm³/mol. The van der Waals surface area contributed by atoms with Crippen molar-refractivity contribution >= 4 is 51.3 Å². The number of pyridine rings is 1. The number of halogens is 1. The van der Waals surface area contributed by atoms with E-state index in [1.165, 1.54) is 34.9 Å². The van der Waals surface area contributed by atoms with Crippen LogP contribution in [0.1, 0.15) is 28.6 Å². The first-order chi connectivity index (χ1) is 19.3. The molecule has 2 N–H and O–H groups in total. The number of aryl methyl sites for hydroxylation is 1. The maximum absolute atomic E-state index is 14.1. The summed E-state index contributed by atoms with van der Waals surface area (Å²) in [6, 6.07) is 16.7. The van der Waals surface area contributed by atoms with Crippen LogP contribution in [0.3, 0.4) is 0 Å². The SMILES string of the molecule is Cc1nc2ccccn2c1/C(O)=C1\C(=O)C(=O)N(c2nnc(SCc3ccccc3F)s2)C1c1cccc(O)c1. The number of aromatic nitrogens is 4. The summed E-state index contributed by atoms with van der Waals surface area (Å²) in [7, 11) is 0. The fourth-order valence-electron chi connectivity index (χ4n) is 4.68. The number of benzene rings is 2. The highest BCUT2D eigenvalue weighted by Gasteiger charge is 2.49. The van der Waals surface area contributed by atoms with Crippen molar-refractivity contribution in [2.45, 2.75) is 23.1 Å². The number of amides is 1. The van der Waals surface area contributed by atoms with Crippen molar-refractivity contribution in [3.63, 3.8) is 0 Å². The van der Waals surface area contributed by atoms with Gasteiger partial charge in [-0.3, -0.25) is 18.9 Å². The average molecular weight is 574 g/mol. The molecule has 40 heavy (non-hydrogen) atoms. The number of carbonyl (C=O) groups excluding carboxylic acids is 2. The van der Waals surface area contributed by atoms with Crippen LogP contribution in [-0.2, 0) is 15.3 Å². The largest absolute Gasteiger partial charge is 0.508 e. The average Bonchev–Trinajstić information content (AvgIpc) is 3.61. The van der Waals surface area contributed by atoms with Gasteiger partial charge in [0.1, 0.15) is 22.9 Å². The van der Waals surface area contributed by atoms with Crippen LogP contribution in [0.4, 0.5) is 9.52 Å². The number of carbonyl (C=O) groups is 2. The standard InChI is InChI=1S/C28H20FN5O4S2/c1-15-22(33-12-5-4-11-20(33)30-15)24(36)21-23(16-8-6-9-18(35)13-16)34(26(38)25(21)37)27-31-32-28(40-27)39-14-17-7-2-3-10-19(17)29/h2-13,23,35-36H,14H2,1H3/b24-21+. The molecule has 2 aromatic carbocycles. The minimum atomic E-state index is -1.10. The van der Waals surface area contributed by atoms with Crippen LogP contribution in [0.15, 0.2) is 82.8 Å². The monoisotopic (exact) mass is 573 g/mol. The molecule has 3 aromatic heterocycles. The van der Waals surface area contributed by atoms with E-state index < -0.39 is 23.5 Å². The number of anilines is 1. The number of aliphatic hydroxyl groups excluding tert-OH is 1. The van der Waals surface area contributed by atoms with Crippen LogP contribution in [-0.4, -0.2) is 41.5 Å². The molecule has 1 atom stereocenters. The number of nitrogens with zero attached hydrogens (tertiary/aromatic N) is 5. The Bertz CT molecular complexity index is 1830. The molecule has 1 aliphatic rings. The number of hydrogen-bond donors (Lipinski definition) is 2. The highest BCUT2D eigenvalue weighted by atomic mass is 32.2. The van der Waals surface area contributed by atoms with Gasteiger partial charge < -0.3 is 10.2 Å². The third kappa shape index (κ3) is 4.40. The summed E-state index contributed by atoms with van der Waals surface area (Å²) in [6.07, 6.45) is 1.70. The van der Waals surface area contributed by atoms with Crippen molar-refractivity contribution in [2.24, 2.45) is 0 Å². The lowest BCUT2D eigenvalue weighted by Gasteiger charge is -2.22. The number of imidazole rings is 1. The maximum Gasteiger partial charge on any atom is 0.301 e. The number of thioether (sulfide) groups is 1. The van der Waals surface area contributed by atoms with E-state index in [9.17, 15) is 24.2 Å². The van der Waals surface area contributed by atoms with Crippen LogP contribution in [0, 0.1) is 12.7 Å². The molecule has 200 valence electrons. The van der Waals surface area contributed by atoms with E-state index in [-0.39, 0.29) is 28.0 Å². The topological polar surface area (TPSA) is 121 Å². The molecule has 5 aromatic rings. The number of hydrogen-bond acceptors (Lipinski definition) is 9. The molecule has 0 saturated carbocycles. The molecule has 0 bridgehead atoms. The molecule has 6 rings (SSSR count). The second-order valence-electron chi connectivity index (χ2n) is 8.97. The van der Waals surface area contributed by atoms with E-state index in [4.69, 9.17) is 0 Å². The first-order valence-electron chi connectivity index (χ1n) is 12.1. The fraction of sp³-hybridized carbons (Fsp3) is 0.107. The van der Waals surface area contributed by atoms with Crippen LogP contribution in [0.25, 0.3) is 11.4 Å². The van der Waals surface area contributed by atoms with Gasteiger partial charge >= 0.3 is 5.91 Å². The molecule has 1 aliphatic heterocycles. The summed E-state index contributed by atoms with van der Waals surface area (Å²) in [5, 5.41) is 30.2. The molecular formula is C28H20FN5O4S2. The minimum Gasteiger partial charge on any atom is -0.508 e. The number of fused-ring (bicyclic) bond motifs is 1. The lowest BCUT2D eigenvalue weighted by atomic mass is 9.96. The number of aromatic hydroxyl groups is 1. The van der Waals surface area contributed by atoms with Crippen molar-refractivity contribution in [1.29, 1.82) is 0 Å². The van der Waals surface area contributed by atoms with Crippen molar-refractivity contribution in [3.05, 3.63) is 107 Å². The number of rotatable bonds is 6. The summed E-state index contributed by atoms with van der Waals surface area (Å²) in [5.41, 5.74) is 2.02. The molecule has 0 aliphatic carbocycles. The van der Waals surface area contributed by atoms with Gasteiger partial charge in [-0.05, 0) is 48.4 Å². The van der Waals surface area contributed by atoms with Crippen LogP contribution >= 0.6 is 23.1 Å². The first-order valence-corrected chi connectivity index (χ1v) is 13.9. The quantitative estimate of drug-likeness (QED) is 0.0928. The summed E-state index contributed by atoms with van der Waals surface area (Å²) in [6.45, 7) is 1.70. The third-order valence-corrected chi connectivity index (χ3v) is 8.57. The Morgan fingerprint density at radius 2 is 1.88 bits per heavy atom. The second kappa shape index (κ2) is 10.2. The van der Waals surface area contributed by atoms with Gasteiger partial charge in [-0.2, -0.15) is 0 Å². The predicted octanol–water partition coefficient (Wildman–Crippen LogP) is 5.26. The minimum absolute atomic E-state index is 0.0764. The zero-order chi connectivity index (χ0) is 28.0. The number of aliphatic hydroxyl groups is 1. The summed E-state index contributed by atoms with van der Waals surface area (Å²) >= 11 is 2.31. The van der Waals surface area contributed by atoms with Crippen LogP contribution in [0.5, 0.6) is 5.75 Å². The first kappa shape index (κ1) is 25.7. The van der Waals surface area contributed by atoms with Gasteiger partial charge in [-0.1, -0.05) is 59.5 Å². The van der Waals surface area contributed by atoms with Gasteiger partial charge in [0.2, 0.25) is 5.13 Å². The van der Waals surface area contributed by atoms with Crippen molar-refractivity contribution in [3.8, 4) is 5.75 Å². The maximum atomic E-state index is 14.1. The Hall–Kier alpha value is -4.55. The molecule has 1 fully saturated rings. The van der Waals surface area contributed by atoms with E-state index in [1.54, 1.807) is 66.1 Å². The van der Waals surface area contributed by atoms with Gasteiger partial charge in [0.25, 0.3) is 5.78 Å². The molecule has 4 heterocycles. The van der Waals surface area contributed by atoms with Gasteiger partial charge in [0.05, 0.1) is 17.3 Å². The second-order valence-corrected chi connectivity index (χ2v) is 11.1. The van der Waals surface area contributed by atoms with Gasteiger partial charge in [-0.25, -0.2) is 9.37 Å². The Morgan fingerprint density at radius 1 is 1.07 bits per heavy atom. The molecule has 0 spiro atoms. The Kier molecular flexibility index (Phi) is 6.56. The molecule has 9 nitrogen and oxygen atoms in total. The number of Topliss-reactive ketones (excluding diaryl/α,β-unsaturated/α-hetero) is 1. The Morgan fingerprint density at radius 3 is 2.67 bits per heavy atom. The lowest BCUT2D eigenvalue weighted by Crippen LogP contribution is -2.29. The van der Waals surface area contributed by atoms with Crippen LogP contribution < -0.4 is 4.90 Å². The van der Waals surface area contributed by atoms with Gasteiger partial charge in [0, 0.05) is 11.9 Å². The molecule has 1 unspecified atom stereocenters. The molecule has 12 heteroatoms. The number of phenolic OH excluding ortho intramolecular Hbond substituents is 1. The lowest BCUT2D eigenvalue weighted by molar-refractivity contribution is -0.132. The van der Waals surface area contributed by atoms with E-state index in [0.29, 0.717) is 32.6 Å². The van der Waals surface area contributed by atoms with E-state index in [0.717, 1.165) is 11.3 Å². The number of phenols is 1. The summed E-state index contributed by atoms with van der Waals surface area (Å²) in [5.74, 6) is -2.33. The van der Waals surface area contributed by atoms with Crippen LogP contribution in [0.2, 0.25) is 0 Å². The van der Waals surface area contributed by atoms with Crippen molar-refractivity contribution < 1.29 is 24.2 Å². The molecule has 1 saturated heterocycles. The summed E-state index contributed by atoms with van der Waals surface area (Å²) < 4.78 is 16.2. The van der Waals surface area contributed by atoms with Crippen molar-refractivity contribution in [2.75, 3.05) is 4.90 Å².